The number of nitro groups is 1. The molecule has 0 saturated carbocycles. The first-order valence-corrected chi connectivity index (χ1v) is 11.5. The number of esters is 1. The second-order valence-electron chi connectivity index (χ2n) is 7.26. The SMILES string of the molecule is CCn1c(Sc2ccc([N+](=O)[O-])cc2C=Nc2ccccc2C(=O)OC)nnc1-c1ccccc1. The zero-order chi connectivity index (χ0) is 24.8. The maximum Gasteiger partial charge on any atom is 0.340 e. The van der Waals surface area contributed by atoms with E-state index in [2.05, 4.69) is 15.2 Å². The van der Waals surface area contributed by atoms with Crippen molar-refractivity contribution in [2.75, 3.05) is 7.11 Å². The van der Waals surface area contributed by atoms with Crippen LogP contribution in [0.2, 0.25) is 0 Å². The van der Waals surface area contributed by atoms with Crippen LogP contribution in [0.1, 0.15) is 22.8 Å². The van der Waals surface area contributed by atoms with Crippen LogP contribution in [-0.4, -0.2) is 39.0 Å². The molecule has 0 saturated heterocycles. The average molecular weight is 488 g/mol. The summed E-state index contributed by atoms with van der Waals surface area (Å²) in [7, 11) is 1.30. The summed E-state index contributed by atoms with van der Waals surface area (Å²) in [6.07, 6.45) is 1.50. The van der Waals surface area contributed by atoms with E-state index in [4.69, 9.17) is 4.74 Å². The Kier molecular flexibility index (Phi) is 7.32. The molecule has 4 rings (SSSR count). The normalized spacial score (nSPS) is 11.0. The molecule has 0 atom stereocenters. The second kappa shape index (κ2) is 10.7. The van der Waals surface area contributed by atoms with Gasteiger partial charge in [0, 0.05) is 40.9 Å². The van der Waals surface area contributed by atoms with Crippen LogP contribution in [0.3, 0.4) is 0 Å². The van der Waals surface area contributed by atoms with Gasteiger partial charge >= 0.3 is 5.97 Å². The Morgan fingerprint density at radius 2 is 1.86 bits per heavy atom. The molecule has 0 amide bonds. The zero-order valence-corrected chi connectivity index (χ0v) is 19.8. The van der Waals surface area contributed by atoms with Crippen LogP contribution < -0.4 is 0 Å². The van der Waals surface area contributed by atoms with Gasteiger partial charge in [0.05, 0.1) is 23.3 Å². The summed E-state index contributed by atoms with van der Waals surface area (Å²) < 4.78 is 6.80. The molecule has 0 aliphatic rings. The molecule has 0 radical (unpaired) electrons. The van der Waals surface area contributed by atoms with Crippen LogP contribution in [0.15, 0.2) is 87.8 Å². The van der Waals surface area contributed by atoms with Crippen LogP contribution >= 0.6 is 11.8 Å². The quantitative estimate of drug-likeness (QED) is 0.138. The van der Waals surface area contributed by atoms with Crippen molar-refractivity contribution in [3.05, 3.63) is 94.0 Å². The Balaban J connectivity index is 1.73. The van der Waals surface area contributed by atoms with E-state index in [0.29, 0.717) is 33.4 Å². The highest BCUT2D eigenvalue weighted by molar-refractivity contribution is 7.99. The number of nitro benzene ring substituents is 1. The van der Waals surface area contributed by atoms with Crippen molar-refractivity contribution in [2.45, 2.75) is 23.5 Å². The molecule has 10 heteroatoms. The monoisotopic (exact) mass is 487 g/mol. The lowest BCUT2D eigenvalue weighted by Crippen LogP contribution is -2.01. The summed E-state index contributed by atoms with van der Waals surface area (Å²) in [5, 5.41) is 20.8. The first-order chi connectivity index (χ1) is 17.0. The van der Waals surface area contributed by atoms with E-state index >= 15 is 0 Å². The molecular formula is C25H21N5O4S. The van der Waals surface area contributed by atoms with E-state index in [9.17, 15) is 14.9 Å². The van der Waals surface area contributed by atoms with E-state index in [1.54, 1.807) is 30.3 Å². The molecular weight excluding hydrogens is 466 g/mol. The van der Waals surface area contributed by atoms with Crippen molar-refractivity contribution in [3.8, 4) is 11.4 Å². The zero-order valence-electron chi connectivity index (χ0n) is 19.0. The Bertz CT molecular complexity index is 1400. The van der Waals surface area contributed by atoms with E-state index in [-0.39, 0.29) is 5.69 Å². The van der Waals surface area contributed by atoms with Gasteiger partial charge in [0.25, 0.3) is 5.69 Å². The number of hydrogen-bond donors (Lipinski definition) is 0. The van der Waals surface area contributed by atoms with Crippen LogP contribution in [0.4, 0.5) is 11.4 Å². The molecule has 9 nitrogen and oxygen atoms in total. The van der Waals surface area contributed by atoms with Crippen LogP contribution in [0.25, 0.3) is 11.4 Å². The lowest BCUT2D eigenvalue weighted by molar-refractivity contribution is -0.384. The smallest absolute Gasteiger partial charge is 0.340 e. The van der Waals surface area contributed by atoms with Crippen LogP contribution in [0.5, 0.6) is 0 Å². The standard InChI is InChI=1S/C25H21N5O4S/c1-3-29-23(17-9-5-4-6-10-17)27-28-25(29)35-22-14-13-19(30(32)33)15-18(22)16-26-21-12-8-7-11-20(21)24(31)34-2/h4-16H,3H2,1-2H3. The molecule has 3 aromatic carbocycles. The van der Waals surface area contributed by atoms with Gasteiger partial charge in [-0.25, -0.2) is 4.79 Å². The number of ether oxygens (including phenoxy) is 1. The fourth-order valence-corrected chi connectivity index (χ4v) is 4.37. The van der Waals surface area contributed by atoms with E-state index in [0.717, 1.165) is 11.4 Å². The van der Waals surface area contributed by atoms with Gasteiger partial charge in [0.1, 0.15) is 0 Å². The fraction of sp³-hybridized carbons (Fsp3) is 0.120. The van der Waals surface area contributed by atoms with E-state index in [1.807, 2.05) is 41.8 Å². The molecule has 1 aromatic heterocycles. The Morgan fingerprint density at radius 3 is 2.57 bits per heavy atom. The summed E-state index contributed by atoms with van der Waals surface area (Å²) in [5.74, 6) is 0.218. The number of methoxy groups -OCH3 is 1. The highest BCUT2D eigenvalue weighted by atomic mass is 32.2. The molecule has 0 spiro atoms. The summed E-state index contributed by atoms with van der Waals surface area (Å²) in [6, 6.07) is 21.0. The number of benzene rings is 3. The molecule has 176 valence electrons. The van der Waals surface area contributed by atoms with Gasteiger partial charge < -0.3 is 9.30 Å². The molecule has 4 aromatic rings. The van der Waals surface area contributed by atoms with Gasteiger partial charge in [-0.05, 0) is 36.9 Å². The first-order valence-electron chi connectivity index (χ1n) is 10.7. The third-order valence-corrected chi connectivity index (χ3v) is 6.20. The Morgan fingerprint density at radius 1 is 1.11 bits per heavy atom. The van der Waals surface area contributed by atoms with Crippen molar-refractivity contribution in [3.63, 3.8) is 0 Å². The maximum atomic E-state index is 12.1. The molecule has 35 heavy (non-hydrogen) atoms. The molecule has 0 aliphatic heterocycles. The summed E-state index contributed by atoms with van der Waals surface area (Å²) in [5.41, 5.74) is 2.07. The number of carbonyl (C=O) groups excluding carboxylic acids is 1. The molecule has 0 fully saturated rings. The minimum atomic E-state index is -0.518. The van der Waals surface area contributed by atoms with Gasteiger partial charge in [-0.3, -0.25) is 15.1 Å². The number of aromatic nitrogens is 3. The van der Waals surface area contributed by atoms with Crippen molar-refractivity contribution in [1.29, 1.82) is 0 Å². The molecule has 0 unspecified atom stereocenters. The molecule has 0 aliphatic carbocycles. The van der Waals surface area contributed by atoms with Crippen LogP contribution in [0, 0.1) is 10.1 Å². The summed E-state index contributed by atoms with van der Waals surface area (Å²) >= 11 is 1.34. The lowest BCUT2D eigenvalue weighted by atomic mass is 10.1. The van der Waals surface area contributed by atoms with Gasteiger partial charge in [0.2, 0.25) is 0 Å². The average Bonchev–Trinajstić information content (AvgIpc) is 3.30. The third kappa shape index (κ3) is 5.28. The number of para-hydroxylation sites is 1. The van der Waals surface area contributed by atoms with Crippen molar-refractivity contribution >= 4 is 35.3 Å². The lowest BCUT2D eigenvalue weighted by Gasteiger charge is -2.09. The Hall–Kier alpha value is -4.31. The van der Waals surface area contributed by atoms with Gasteiger partial charge in [-0.2, -0.15) is 0 Å². The predicted octanol–water partition coefficient (Wildman–Crippen LogP) is 5.56. The number of nitrogens with zero attached hydrogens (tertiary/aromatic N) is 5. The van der Waals surface area contributed by atoms with E-state index < -0.39 is 10.9 Å². The fourth-order valence-electron chi connectivity index (χ4n) is 3.40. The predicted molar refractivity (Wildman–Crippen MR) is 133 cm³/mol. The Labute approximate surface area is 205 Å². The highest BCUT2D eigenvalue weighted by Crippen LogP contribution is 2.33. The number of rotatable bonds is 8. The maximum absolute atomic E-state index is 12.1. The number of carbonyl (C=O) groups is 1. The number of hydrogen-bond acceptors (Lipinski definition) is 8. The molecule has 1 heterocycles. The largest absolute Gasteiger partial charge is 0.465 e. The minimum absolute atomic E-state index is 0.0704. The topological polar surface area (TPSA) is 113 Å². The van der Waals surface area contributed by atoms with Crippen molar-refractivity contribution < 1.29 is 14.5 Å². The number of non-ortho nitro benzene ring substituents is 1. The van der Waals surface area contributed by atoms with Crippen molar-refractivity contribution in [2.24, 2.45) is 4.99 Å². The summed E-state index contributed by atoms with van der Waals surface area (Å²) in [4.78, 5) is 28.2. The minimum Gasteiger partial charge on any atom is -0.465 e. The van der Waals surface area contributed by atoms with Gasteiger partial charge in [0.15, 0.2) is 11.0 Å². The summed E-state index contributed by atoms with van der Waals surface area (Å²) in [6.45, 7) is 2.64. The van der Waals surface area contributed by atoms with Crippen LogP contribution in [-0.2, 0) is 11.3 Å². The molecule has 0 N–H and O–H groups in total. The van der Waals surface area contributed by atoms with Gasteiger partial charge in [-0.1, -0.05) is 42.5 Å². The second-order valence-corrected chi connectivity index (χ2v) is 8.27. The van der Waals surface area contributed by atoms with Crippen molar-refractivity contribution in [1.82, 2.24) is 14.8 Å². The third-order valence-electron chi connectivity index (χ3n) is 5.12. The molecule has 0 bridgehead atoms. The number of aliphatic imine (C=N–C) groups is 1. The first kappa shape index (κ1) is 23.8. The van der Waals surface area contributed by atoms with E-state index in [1.165, 1.54) is 37.2 Å². The van der Waals surface area contributed by atoms with Gasteiger partial charge in [-0.15, -0.1) is 10.2 Å². The highest BCUT2D eigenvalue weighted by Gasteiger charge is 2.17.